The van der Waals surface area contributed by atoms with E-state index >= 15 is 0 Å². The van der Waals surface area contributed by atoms with Crippen LogP contribution >= 0.6 is 0 Å². The standard InChI is InChI=1S/6FH.4Mn.3O.Ti/h6*1H;;;;;;;;/q;;;;;;4*+2;;2*-1;/p-6. The molecule has 0 aliphatic carbocycles. The summed E-state index contributed by atoms with van der Waals surface area (Å²) in [6, 6.07) is 0. The van der Waals surface area contributed by atoms with E-state index in [9.17, 15) is 0 Å². The van der Waals surface area contributed by atoms with Gasteiger partial charge in [-0.2, -0.15) is 0 Å². The molecular formula is F6Mn4O3Ti. The molecule has 0 aromatic heterocycles. The Morgan fingerprint density at radius 1 is 0.571 bits per heavy atom. The van der Waals surface area contributed by atoms with Crippen molar-refractivity contribution < 1.29 is 126 Å². The molecule has 0 rings (SSSR count). The Balaban J connectivity index is -0.000000001000. The zero-order chi connectivity index (χ0) is 3.58. The van der Waals surface area contributed by atoms with Crippen molar-refractivity contribution in [2.45, 2.75) is 0 Å². The first-order valence-corrected chi connectivity index (χ1v) is 2.52. The van der Waals surface area contributed by atoms with Gasteiger partial charge in [-0.1, -0.05) is 0 Å². The van der Waals surface area contributed by atoms with Gasteiger partial charge in [0.25, 0.3) is 0 Å². The first-order valence-electron chi connectivity index (χ1n) is 0.612. The van der Waals surface area contributed by atoms with Gasteiger partial charge in [-0.15, -0.1) is 0 Å². The summed E-state index contributed by atoms with van der Waals surface area (Å²) in [6.45, 7) is 0. The molecule has 3 nitrogen and oxygen atoms in total. The predicted molar refractivity (Wildman–Crippen MR) is 0.686 cm³/mol. The van der Waals surface area contributed by atoms with Crippen LogP contribution in [0.1, 0.15) is 0 Å². The van der Waals surface area contributed by atoms with Crippen molar-refractivity contribution in [2.24, 2.45) is 0 Å². The monoisotopic (exact) mass is 430 g/mol. The molecule has 14 heavy (non-hydrogen) atoms. The van der Waals surface area contributed by atoms with Crippen LogP contribution in [0.2, 0.25) is 0 Å². The Morgan fingerprint density at radius 2 is 0.571 bits per heavy atom. The van der Waals surface area contributed by atoms with E-state index in [1.54, 1.807) is 0 Å². The van der Waals surface area contributed by atoms with Gasteiger partial charge < -0.3 is 28.2 Å². The molecule has 0 aromatic carbocycles. The fourth-order valence-corrected chi connectivity index (χ4v) is 0. The summed E-state index contributed by atoms with van der Waals surface area (Å²) in [6.07, 6.45) is 0. The first-order chi connectivity index (χ1) is 1.73. The van der Waals surface area contributed by atoms with Crippen molar-refractivity contribution in [3.8, 4) is 0 Å². The van der Waals surface area contributed by atoms with Crippen molar-refractivity contribution in [3.63, 3.8) is 0 Å². The summed E-state index contributed by atoms with van der Waals surface area (Å²) in [5.41, 5.74) is 0. The summed E-state index contributed by atoms with van der Waals surface area (Å²) in [5, 5.41) is 0. The van der Waals surface area contributed by atoms with Crippen molar-refractivity contribution in [1.29, 1.82) is 0 Å². The molecule has 0 amide bonds. The van der Waals surface area contributed by atoms with Crippen LogP contribution in [0.15, 0.2) is 0 Å². The first kappa shape index (κ1) is 141. The second kappa shape index (κ2) is 116. The number of halogens is 6. The van der Waals surface area contributed by atoms with Crippen LogP contribution in [0.25, 0.3) is 0 Å². The van der Waals surface area contributed by atoms with E-state index in [1.807, 2.05) is 0 Å². The molecule has 0 saturated heterocycles. The normalized spacial score (nSPS) is 1.86. The minimum atomic E-state index is -4.08. The molecule has 4 radical (unpaired) electrons. The van der Waals surface area contributed by atoms with Crippen molar-refractivity contribution >= 4 is 0 Å². The van der Waals surface area contributed by atoms with Crippen molar-refractivity contribution in [2.75, 3.05) is 0 Å². The van der Waals surface area contributed by atoms with Crippen LogP contribution < -0.4 is 35.6 Å². The van der Waals surface area contributed by atoms with Crippen LogP contribution in [0.3, 0.4) is 0 Å². The molecule has 0 saturated carbocycles. The molecule has 0 atom stereocenters. The third-order valence-electron chi connectivity index (χ3n) is 0. The van der Waals surface area contributed by atoms with Gasteiger partial charge in [0.2, 0.25) is 0 Å². The Hall–Kier alpha value is 2.09. The third kappa shape index (κ3) is 552. The SMILES string of the molecule is [F-].[F-].[F-].[F-].[F-].[F-].[Mn+2].[Mn+2].[Mn+2].[Mn+2].[O]=[Ti]([O-])[O-]. The van der Waals surface area contributed by atoms with Gasteiger partial charge in [0.1, 0.15) is 0 Å². The topological polar surface area (TPSA) is 63.2 Å². The van der Waals surface area contributed by atoms with Crippen LogP contribution in [0, 0.1) is 0 Å². The Kier molecular flexibility index (Phi) is 1170. The molecule has 0 aliphatic rings. The molecule has 0 bridgehead atoms. The average molecular weight is 430 g/mol. The summed E-state index contributed by atoms with van der Waals surface area (Å²) in [4.78, 5) is 0. The van der Waals surface area contributed by atoms with Gasteiger partial charge in [0.05, 0.1) is 0 Å². The fraction of sp³-hybridized carbons (Fsp3) is 0. The van der Waals surface area contributed by atoms with Crippen LogP contribution in [-0.2, 0) is 90.2 Å². The van der Waals surface area contributed by atoms with E-state index in [0.29, 0.717) is 0 Å². The number of rotatable bonds is 0. The van der Waals surface area contributed by atoms with Crippen molar-refractivity contribution in [1.82, 2.24) is 0 Å². The minimum absolute atomic E-state index is 0. The third-order valence-corrected chi connectivity index (χ3v) is 0. The second-order valence-corrected chi connectivity index (χ2v) is 1.03. The summed E-state index contributed by atoms with van der Waals surface area (Å²) >= 11 is -4.08. The summed E-state index contributed by atoms with van der Waals surface area (Å²) in [5.74, 6) is 0. The van der Waals surface area contributed by atoms with E-state index in [1.165, 1.54) is 0 Å². The van der Waals surface area contributed by atoms with E-state index < -0.39 is 18.6 Å². The molecule has 0 aromatic rings. The molecule has 0 N–H and O–H groups in total. The zero-order valence-electron chi connectivity index (χ0n) is 5.50. The van der Waals surface area contributed by atoms with Crippen LogP contribution in [0.4, 0.5) is 0 Å². The van der Waals surface area contributed by atoms with Gasteiger partial charge >= 0.3 is 97.6 Å². The summed E-state index contributed by atoms with van der Waals surface area (Å²) in [7, 11) is 0. The molecule has 0 aliphatic heterocycles. The van der Waals surface area contributed by atoms with Crippen molar-refractivity contribution in [3.05, 3.63) is 0 Å². The molecule has 0 unspecified atom stereocenters. The zero-order valence-corrected chi connectivity index (χ0v) is 11.8. The quantitative estimate of drug-likeness (QED) is 0.284. The fourth-order valence-electron chi connectivity index (χ4n) is 0. The van der Waals surface area contributed by atoms with Gasteiger partial charge in [-0.25, -0.2) is 0 Å². The Labute approximate surface area is 125 Å². The van der Waals surface area contributed by atoms with Gasteiger partial charge in [0, 0.05) is 0 Å². The van der Waals surface area contributed by atoms with Gasteiger partial charge in [-0.3, -0.25) is 0 Å². The maximum absolute atomic E-state index is 8.58. The van der Waals surface area contributed by atoms with Crippen LogP contribution in [0.5, 0.6) is 0 Å². The Morgan fingerprint density at radius 3 is 0.571 bits per heavy atom. The van der Waals surface area contributed by atoms with E-state index in [2.05, 4.69) is 0 Å². The van der Waals surface area contributed by atoms with E-state index in [4.69, 9.17) is 10.7 Å². The molecule has 0 fully saturated rings. The van der Waals surface area contributed by atoms with E-state index in [-0.39, 0.29) is 96.5 Å². The molecule has 14 heteroatoms. The van der Waals surface area contributed by atoms with Gasteiger partial charge in [-0.05, 0) is 0 Å². The second-order valence-electron chi connectivity index (χ2n) is 0.250. The predicted octanol–water partition coefficient (Wildman–Crippen LogP) is -20.5. The maximum atomic E-state index is 8.58. The van der Waals surface area contributed by atoms with Crippen LogP contribution in [-0.4, -0.2) is 0 Å². The average Bonchev–Trinajstić information content (AvgIpc) is 0.811. The molecule has 0 heterocycles. The summed E-state index contributed by atoms with van der Waals surface area (Å²) < 4.78 is 25.8. The van der Waals surface area contributed by atoms with Gasteiger partial charge in [0.15, 0.2) is 0 Å². The molecular weight excluding hydrogens is 430 g/mol. The molecule has 92 valence electrons. The molecule has 0 spiro atoms. The number of hydrogen-bond acceptors (Lipinski definition) is 3. The number of hydrogen-bond donors (Lipinski definition) is 0. The Bertz CT molecular complexity index is 48.1. The van der Waals surface area contributed by atoms with E-state index in [0.717, 1.165) is 0 Å².